The molecule has 0 aliphatic heterocycles. The molecular weight excluding hydrogens is 218 g/mol. The van der Waals surface area contributed by atoms with Gasteiger partial charge in [0.05, 0.1) is 5.69 Å². The van der Waals surface area contributed by atoms with Gasteiger partial charge in [-0.05, 0) is 18.1 Å². The van der Waals surface area contributed by atoms with Crippen LogP contribution in [0.4, 0.5) is 5.69 Å². The molecule has 0 aromatic carbocycles. The van der Waals surface area contributed by atoms with Gasteiger partial charge in [0, 0.05) is 25.5 Å². The first kappa shape index (κ1) is 12.9. The van der Waals surface area contributed by atoms with E-state index >= 15 is 0 Å². The van der Waals surface area contributed by atoms with Crippen LogP contribution in [0.25, 0.3) is 0 Å². The zero-order chi connectivity index (χ0) is 12.1. The second-order valence-corrected chi connectivity index (χ2v) is 4.60. The molecule has 1 heterocycles. The smallest absolute Gasteiger partial charge is 0.122 e. The van der Waals surface area contributed by atoms with Crippen LogP contribution in [-0.4, -0.2) is 23.6 Å². The summed E-state index contributed by atoms with van der Waals surface area (Å²) in [6, 6.07) is 3.91. The molecule has 1 unspecified atom stereocenters. The van der Waals surface area contributed by atoms with Crippen LogP contribution < -0.4 is 10.6 Å². The van der Waals surface area contributed by atoms with E-state index in [0.717, 1.165) is 12.2 Å². The fourth-order valence-corrected chi connectivity index (χ4v) is 1.61. The molecule has 2 N–H and O–H groups in total. The normalized spacial score (nSPS) is 12.2. The van der Waals surface area contributed by atoms with E-state index in [0.29, 0.717) is 16.6 Å². The summed E-state index contributed by atoms with van der Waals surface area (Å²) in [6.07, 6.45) is 2.93. The number of rotatable bonds is 5. The van der Waals surface area contributed by atoms with Crippen LogP contribution in [0.2, 0.25) is 0 Å². The molecule has 0 saturated heterocycles. The van der Waals surface area contributed by atoms with E-state index in [9.17, 15) is 0 Å². The highest BCUT2D eigenvalue weighted by molar-refractivity contribution is 7.80. The number of nitrogens with two attached hydrogens (primary N) is 1. The Hall–Kier alpha value is -1.16. The van der Waals surface area contributed by atoms with Gasteiger partial charge in [-0.15, -0.1) is 0 Å². The molecule has 1 aromatic rings. The number of hydrogen-bond acceptors (Lipinski definition) is 3. The molecule has 16 heavy (non-hydrogen) atoms. The molecule has 4 heteroatoms. The molecule has 0 amide bonds. The van der Waals surface area contributed by atoms with Gasteiger partial charge in [-0.3, -0.25) is 4.98 Å². The zero-order valence-electron chi connectivity index (χ0n) is 10.1. The standard InChI is InChI=1S/C12H19N3S/c1-4-9(2)8-15(3)10-5-6-14-11(7-10)12(13)16/h5-7,9H,4,8H2,1-3H3,(H2,13,16). The fraction of sp³-hybridized carbons (Fsp3) is 0.500. The minimum atomic E-state index is 0.346. The molecule has 3 nitrogen and oxygen atoms in total. The van der Waals surface area contributed by atoms with Crippen molar-refractivity contribution in [3.63, 3.8) is 0 Å². The van der Waals surface area contributed by atoms with E-state index in [-0.39, 0.29) is 0 Å². The third-order valence-electron chi connectivity index (χ3n) is 2.72. The third-order valence-corrected chi connectivity index (χ3v) is 2.93. The highest BCUT2D eigenvalue weighted by atomic mass is 32.1. The van der Waals surface area contributed by atoms with Crippen molar-refractivity contribution in [2.45, 2.75) is 20.3 Å². The second kappa shape index (κ2) is 5.80. The summed E-state index contributed by atoms with van der Waals surface area (Å²) in [4.78, 5) is 6.68. The molecule has 0 radical (unpaired) electrons. The maximum absolute atomic E-state index is 5.56. The minimum absolute atomic E-state index is 0.346. The van der Waals surface area contributed by atoms with Gasteiger partial charge in [0.1, 0.15) is 4.99 Å². The van der Waals surface area contributed by atoms with Crippen molar-refractivity contribution >= 4 is 22.9 Å². The molecule has 0 bridgehead atoms. The van der Waals surface area contributed by atoms with Crippen molar-refractivity contribution in [2.75, 3.05) is 18.5 Å². The lowest BCUT2D eigenvalue weighted by atomic mass is 10.1. The van der Waals surface area contributed by atoms with Gasteiger partial charge in [-0.25, -0.2) is 0 Å². The van der Waals surface area contributed by atoms with Gasteiger partial charge in [0.2, 0.25) is 0 Å². The summed E-state index contributed by atoms with van der Waals surface area (Å²) < 4.78 is 0. The maximum Gasteiger partial charge on any atom is 0.122 e. The van der Waals surface area contributed by atoms with Crippen LogP contribution in [0.15, 0.2) is 18.3 Å². The monoisotopic (exact) mass is 237 g/mol. The van der Waals surface area contributed by atoms with Gasteiger partial charge in [-0.1, -0.05) is 32.5 Å². The fourth-order valence-electron chi connectivity index (χ4n) is 1.49. The van der Waals surface area contributed by atoms with E-state index in [1.807, 2.05) is 12.1 Å². The first-order valence-electron chi connectivity index (χ1n) is 5.51. The Morgan fingerprint density at radius 1 is 1.62 bits per heavy atom. The molecule has 1 rings (SSSR count). The molecule has 0 spiro atoms. The maximum atomic E-state index is 5.56. The average Bonchev–Trinajstić information content (AvgIpc) is 2.28. The van der Waals surface area contributed by atoms with Crippen LogP contribution >= 0.6 is 12.2 Å². The van der Waals surface area contributed by atoms with Crippen molar-refractivity contribution in [3.05, 3.63) is 24.0 Å². The Morgan fingerprint density at radius 3 is 2.88 bits per heavy atom. The number of hydrogen-bond donors (Lipinski definition) is 1. The van der Waals surface area contributed by atoms with Crippen LogP contribution in [0.5, 0.6) is 0 Å². The Bertz CT molecular complexity index is 365. The van der Waals surface area contributed by atoms with Gasteiger partial charge >= 0.3 is 0 Å². The van der Waals surface area contributed by atoms with Gasteiger partial charge in [-0.2, -0.15) is 0 Å². The van der Waals surface area contributed by atoms with Crippen LogP contribution in [-0.2, 0) is 0 Å². The topological polar surface area (TPSA) is 42.2 Å². The summed E-state index contributed by atoms with van der Waals surface area (Å²) in [5, 5.41) is 0. The Labute approximate surface area is 103 Å². The quantitative estimate of drug-likeness (QED) is 0.797. The lowest BCUT2D eigenvalue weighted by Crippen LogP contribution is -2.24. The summed E-state index contributed by atoms with van der Waals surface area (Å²) in [7, 11) is 2.07. The van der Waals surface area contributed by atoms with E-state index in [2.05, 4.69) is 30.8 Å². The van der Waals surface area contributed by atoms with Crippen LogP contribution in [0.3, 0.4) is 0 Å². The van der Waals surface area contributed by atoms with Crippen molar-refractivity contribution < 1.29 is 0 Å². The molecule has 0 saturated carbocycles. The number of aromatic nitrogens is 1. The largest absolute Gasteiger partial charge is 0.388 e. The third kappa shape index (κ3) is 3.45. The summed E-state index contributed by atoms with van der Waals surface area (Å²) in [6.45, 7) is 5.47. The first-order valence-corrected chi connectivity index (χ1v) is 5.92. The molecule has 0 aliphatic carbocycles. The molecule has 1 atom stereocenters. The molecule has 0 aliphatic rings. The molecule has 0 fully saturated rings. The second-order valence-electron chi connectivity index (χ2n) is 4.16. The van der Waals surface area contributed by atoms with Crippen molar-refractivity contribution in [2.24, 2.45) is 11.7 Å². The van der Waals surface area contributed by atoms with Crippen molar-refractivity contribution in [3.8, 4) is 0 Å². The van der Waals surface area contributed by atoms with Gasteiger partial charge < -0.3 is 10.6 Å². The van der Waals surface area contributed by atoms with Crippen molar-refractivity contribution in [1.82, 2.24) is 4.98 Å². The van der Waals surface area contributed by atoms with E-state index in [1.54, 1.807) is 6.20 Å². The Kier molecular flexibility index (Phi) is 4.68. The number of nitrogens with zero attached hydrogens (tertiary/aromatic N) is 2. The van der Waals surface area contributed by atoms with Gasteiger partial charge in [0.15, 0.2) is 0 Å². The SMILES string of the molecule is CCC(C)CN(C)c1ccnc(C(N)=S)c1. The lowest BCUT2D eigenvalue weighted by molar-refractivity contribution is 0.560. The minimum Gasteiger partial charge on any atom is -0.388 e. The lowest BCUT2D eigenvalue weighted by Gasteiger charge is -2.23. The first-order chi connectivity index (χ1) is 7.54. The van der Waals surface area contributed by atoms with E-state index in [4.69, 9.17) is 18.0 Å². The zero-order valence-corrected chi connectivity index (χ0v) is 10.9. The van der Waals surface area contributed by atoms with Crippen LogP contribution in [0.1, 0.15) is 26.0 Å². The van der Waals surface area contributed by atoms with Crippen molar-refractivity contribution in [1.29, 1.82) is 0 Å². The molecular formula is C12H19N3S. The van der Waals surface area contributed by atoms with Crippen LogP contribution in [0, 0.1) is 5.92 Å². The molecule has 1 aromatic heterocycles. The summed E-state index contributed by atoms with van der Waals surface area (Å²) >= 11 is 4.92. The van der Waals surface area contributed by atoms with E-state index in [1.165, 1.54) is 6.42 Å². The number of thiocarbonyl (C=S) groups is 1. The predicted molar refractivity (Wildman–Crippen MR) is 72.8 cm³/mol. The number of pyridine rings is 1. The highest BCUT2D eigenvalue weighted by Crippen LogP contribution is 2.15. The summed E-state index contributed by atoms with van der Waals surface area (Å²) in [5.74, 6) is 0.673. The summed E-state index contributed by atoms with van der Waals surface area (Å²) in [5.41, 5.74) is 7.35. The number of anilines is 1. The predicted octanol–water partition coefficient (Wildman–Crippen LogP) is 2.20. The molecule has 88 valence electrons. The Morgan fingerprint density at radius 2 is 2.31 bits per heavy atom. The Balaban J connectivity index is 2.79. The average molecular weight is 237 g/mol. The van der Waals surface area contributed by atoms with E-state index < -0.39 is 0 Å². The van der Waals surface area contributed by atoms with Gasteiger partial charge in [0.25, 0.3) is 0 Å². The highest BCUT2D eigenvalue weighted by Gasteiger charge is 2.07.